The van der Waals surface area contributed by atoms with Crippen LogP contribution >= 0.6 is 0 Å². The maximum atomic E-state index is 12.2. The maximum Gasteiger partial charge on any atom is 0.494 e. The van der Waals surface area contributed by atoms with Gasteiger partial charge in [0, 0.05) is 0 Å². The molecule has 2 rings (SSSR count). The average Bonchev–Trinajstić information content (AvgIpc) is 2.57. The molecule has 5 nitrogen and oxygen atoms in total. The molecule has 1 aromatic carbocycles. The lowest BCUT2D eigenvalue weighted by molar-refractivity contribution is 0.00578. The molecule has 1 aliphatic heterocycles. The zero-order chi connectivity index (χ0) is 17.0. The van der Waals surface area contributed by atoms with Crippen molar-refractivity contribution in [2.24, 2.45) is 0 Å². The van der Waals surface area contributed by atoms with Gasteiger partial charge in [-0.2, -0.15) is 0 Å². The Morgan fingerprint density at radius 2 is 1.41 bits per heavy atom. The molecule has 7 heteroatoms. The first kappa shape index (κ1) is 17.5. The van der Waals surface area contributed by atoms with Gasteiger partial charge in [-0.3, -0.25) is 0 Å². The van der Waals surface area contributed by atoms with Gasteiger partial charge in [-0.05, 0) is 59.1 Å². The van der Waals surface area contributed by atoms with E-state index in [1.165, 1.54) is 26.0 Å². The fraction of sp³-hybridized carbons (Fsp3) is 0.600. The van der Waals surface area contributed by atoms with Crippen molar-refractivity contribution < 1.29 is 22.8 Å². The van der Waals surface area contributed by atoms with Crippen molar-refractivity contribution in [2.75, 3.05) is 0 Å². The van der Waals surface area contributed by atoms with E-state index in [2.05, 4.69) is 0 Å². The summed E-state index contributed by atoms with van der Waals surface area (Å²) in [7, 11) is -4.33. The fourth-order valence-corrected chi connectivity index (χ4v) is 3.14. The molecule has 0 bridgehead atoms. The number of hydrogen-bond donors (Lipinski definition) is 1. The van der Waals surface area contributed by atoms with Crippen molar-refractivity contribution in [3.63, 3.8) is 0 Å². The monoisotopic (exact) mass is 326 g/mol. The van der Waals surface area contributed by atoms with Crippen LogP contribution in [0.4, 0.5) is 0 Å². The van der Waals surface area contributed by atoms with Gasteiger partial charge in [0.15, 0.2) is 4.93 Å². The summed E-state index contributed by atoms with van der Waals surface area (Å²) in [6.45, 7) is 10.3. The molecule has 0 aromatic heterocycles. The highest BCUT2D eigenvalue weighted by Crippen LogP contribution is 2.36. The van der Waals surface area contributed by atoms with E-state index in [1.54, 1.807) is 12.1 Å². The minimum Gasteiger partial charge on any atom is -0.399 e. The van der Waals surface area contributed by atoms with Gasteiger partial charge < -0.3 is 14.4 Å². The lowest BCUT2D eigenvalue weighted by atomic mass is 9.79. The van der Waals surface area contributed by atoms with Crippen molar-refractivity contribution in [3.05, 3.63) is 24.3 Å². The van der Waals surface area contributed by atoms with Gasteiger partial charge in [-0.1, -0.05) is 12.1 Å². The Hall–Kier alpha value is -0.885. The van der Waals surface area contributed by atoms with Crippen LogP contribution in [0.2, 0.25) is 0 Å². The number of rotatable bonds is 3. The third kappa shape index (κ3) is 2.83. The summed E-state index contributed by atoms with van der Waals surface area (Å²) in [6.07, 6.45) is 0. The minimum absolute atomic E-state index is 0.0697. The first-order valence-corrected chi connectivity index (χ1v) is 8.69. The summed E-state index contributed by atoms with van der Waals surface area (Å²) in [6, 6.07) is 6.24. The molecular weight excluding hydrogens is 303 g/mol. The smallest absolute Gasteiger partial charge is 0.399 e. The molecule has 1 saturated heterocycles. The molecule has 122 valence electrons. The van der Waals surface area contributed by atoms with Crippen molar-refractivity contribution >= 4 is 22.4 Å². The van der Waals surface area contributed by atoms with Crippen LogP contribution in [0, 0.1) is 0 Å². The van der Waals surface area contributed by atoms with Crippen LogP contribution in [-0.4, -0.2) is 36.8 Å². The second kappa shape index (κ2) is 5.06. The highest BCUT2D eigenvalue weighted by molar-refractivity contribution is 7.92. The van der Waals surface area contributed by atoms with Crippen LogP contribution in [0.3, 0.4) is 0 Å². The Morgan fingerprint density at radius 3 is 1.77 bits per heavy atom. The quantitative estimate of drug-likeness (QED) is 0.852. The summed E-state index contributed by atoms with van der Waals surface area (Å²) in [5, 5.41) is 9.78. The molecule has 0 amide bonds. The van der Waals surface area contributed by atoms with Gasteiger partial charge in [-0.25, -0.2) is 8.42 Å². The molecule has 1 aliphatic rings. The van der Waals surface area contributed by atoms with Gasteiger partial charge >= 0.3 is 7.12 Å². The van der Waals surface area contributed by atoms with E-state index in [9.17, 15) is 13.5 Å². The number of benzene rings is 1. The number of sulfone groups is 1. The summed E-state index contributed by atoms with van der Waals surface area (Å²) >= 11 is 0. The predicted octanol–water partition coefficient (Wildman–Crippen LogP) is 1.49. The molecule has 1 fully saturated rings. The van der Waals surface area contributed by atoms with E-state index < -0.39 is 33.1 Å². The van der Waals surface area contributed by atoms with Gasteiger partial charge in [-0.15, -0.1) is 0 Å². The minimum atomic E-state index is -3.79. The van der Waals surface area contributed by atoms with Crippen LogP contribution in [0.25, 0.3) is 0 Å². The van der Waals surface area contributed by atoms with Crippen LogP contribution in [-0.2, 0) is 19.1 Å². The van der Waals surface area contributed by atoms with E-state index in [-0.39, 0.29) is 4.90 Å². The molecule has 22 heavy (non-hydrogen) atoms. The molecule has 1 heterocycles. The topological polar surface area (TPSA) is 72.8 Å². The van der Waals surface area contributed by atoms with E-state index in [0.29, 0.717) is 0 Å². The van der Waals surface area contributed by atoms with Gasteiger partial charge in [0.05, 0.1) is 16.1 Å². The van der Waals surface area contributed by atoms with E-state index >= 15 is 0 Å². The maximum absolute atomic E-state index is 12.2. The van der Waals surface area contributed by atoms with Gasteiger partial charge in [0.25, 0.3) is 0 Å². The molecule has 0 unspecified atom stereocenters. The molecule has 0 spiro atoms. The fourth-order valence-electron chi connectivity index (χ4n) is 2.07. The summed E-state index contributed by atoms with van der Waals surface area (Å²) in [4.78, 5) is -1.75. The van der Waals surface area contributed by atoms with Crippen LogP contribution in [0.5, 0.6) is 0 Å². The molecule has 0 radical (unpaired) electrons. The molecule has 0 aliphatic carbocycles. The first-order valence-electron chi connectivity index (χ1n) is 7.20. The zero-order valence-electron chi connectivity index (χ0n) is 13.9. The standard InChI is InChI=1S/C15H23BO5S/c1-13(2)14(3,4)21-16(20-13)11-7-9-12(10-8-11)22(18,19)15(5,6)17/h7-10,17H,1-6H3. The molecular formula is C15H23BO5S. The van der Waals surface area contributed by atoms with Crippen LogP contribution < -0.4 is 5.46 Å². The number of hydrogen-bond acceptors (Lipinski definition) is 5. The van der Waals surface area contributed by atoms with Crippen molar-refractivity contribution in [1.29, 1.82) is 0 Å². The second-order valence-corrected chi connectivity index (χ2v) is 9.58. The Balaban J connectivity index is 2.29. The SMILES string of the molecule is CC1(C)OB(c2ccc(S(=O)(=O)C(C)(C)O)cc2)OC1(C)C. The zero-order valence-corrected chi connectivity index (χ0v) is 14.7. The predicted molar refractivity (Wildman–Crippen MR) is 85.6 cm³/mol. The van der Waals surface area contributed by atoms with Crippen LogP contribution in [0.1, 0.15) is 41.5 Å². The van der Waals surface area contributed by atoms with Crippen molar-refractivity contribution in [3.8, 4) is 0 Å². The second-order valence-electron chi connectivity index (χ2n) is 7.11. The Labute approximate surface area is 132 Å². The normalized spacial score (nSPS) is 21.1. The summed E-state index contributed by atoms with van der Waals surface area (Å²) in [5.74, 6) is 0. The summed E-state index contributed by atoms with van der Waals surface area (Å²) < 4.78 is 36.2. The average molecular weight is 326 g/mol. The Kier molecular flexibility index (Phi) is 4.02. The number of aliphatic hydroxyl groups is 1. The van der Waals surface area contributed by atoms with Crippen molar-refractivity contribution in [2.45, 2.75) is 62.6 Å². The van der Waals surface area contributed by atoms with Crippen molar-refractivity contribution in [1.82, 2.24) is 0 Å². The third-order valence-corrected chi connectivity index (χ3v) is 6.58. The lowest BCUT2D eigenvalue weighted by Gasteiger charge is -2.32. The lowest BCUT2D eigenvalue weighted by Crippen LogP contribution is -2.41. The largest absolute Gasteiger partial charge is 0.494 e. The Morgan fingerprint density at radius 1 is 1.00 bits per heavy atom. The van der Waals surface area contributed by atoms with E-state index in [0.717, 1.165) is 5.46 Å². The molecule has 0 saturated carbocycles. The summed E-state index contributed by atoms with van der Waals surface area (Å²) in [5.41, 5.74) is -0.154. The highest BCUT2D eigenvalue weighted by atomic mass is 32.2. The van der Waals surface area contributed by atoms with E-state index in [4.69, 9.17) is 9.31 Å². The van der Waals surface area contributed by atoms with Crippen LogP contribution in [0.15, 0.2) is 29.2 Å². The molecule has 1 N–H and O–H groups in total. The van der Waals surface area contributed by atoms with E-state index in [1.807, 2.05) is 27.7 Å². The highest BCUT2D eigenvalue weighted by Gasteiger charge is 2.51. The molecule has 1 aromatic rings. The van der Waals surface area contributed by atoms with Gasteiger partial charge in [0.1, 0.15) is 0 Å². The molecule has 0 atom stereocenters. The van der Waals surface area contributed by atoms with Gasteiger partial charge in [0.2, 0.25) is 9.84 Å². The third-order valence-electron chi connectivity index (χ3n) is 4.37. The Bertz CT molecular complexity index is 640. The first-order chi connectivity index (χ1) is 9.78.